The van der Waals surface area contributed by atoms with Crippen LogP contribution in [0.3, 0.4) is 0 Å². The quantitative estimate of drug-likeness (QED) is 0.222. The molecule has 0 aromatic rings. The largest absolute Gasteiger partial charge is 0.478 e. The van der Waals surface area contributed by atoms with E-state index in [1.165, 1.54) is 6.42 Å². The summed E-state index contributed by atoms with van der Waals surface area (Å²) in [5.41, 5.74) is 0.542. The predicted molar refractivity (Wildman–Crippen MR) is 135 cm³/mol. The molecule has 0 fully saturated rings. The maximum absolute atomic E-state index is 10.6. The van der Waals surface area contributed by atoms with Crippen molar-refractivity contribution in [2.75, 3.05) is 13.2 Å². The second-order valence-electron chi connectivity index (χ2n) is 6.99. The Hall–Kier alpha value is -3.95. The summed E-state index contributed by atoms with van der Waals surface area (Å²) in [6.45, 7) is 25.0. The van der Waals surface area contributed by atoms with E-state index in [1.54, 1.807) is 0 Å². The number of carboxylic acids is 3. The van der Waals surface area contributed by atoms with Crippen molar-refractivity contribution in [1.29, 1.82) is 0 Å². The highest BCUT2D eigenvalue weighted by Crippen LogP contribution is 2.16. The van der Waals surface area contributed by atoms with E-state index in [0.717, 1.165) is 30.4 Å². The molecule has 3 N–H and O–H groups in total. The lowest BCUT2D eigenvalue weighted by Gasteiger charge is -2.12. The molecule has 0 saturated heterocycles. The van der Waals surface area contributed by atoms with E-state index < -0.39 is 29.8 Å². The lowest BCUT2D eigenvalue weighted by molar-refractivity contribution is -0.140. The van der Waals surface area contributed by atoms with Gasteiger partial charge in [-0.25, -0.2) is 24.0 Å². The highest BCUT2D eigenvalue weighted by atomic mass is 16.5. The zero-order valence-electron chi connectivity index (χ0n) is 21.2. The summed E-state index contributed by atoms with van der Waals surface area (Å²) in [6, 6.07) is 0. The van der Waals surface area contributed by atoms with Gasteiger partial charge in [-0.15, -0.1) is 0 Å². The van der Waals surface area contributed by atoms with Gasteiger partial charge < -0.3 is 24.8 Å². The van der Waals surface area contributed by atoms with Crippen molar-refractivity contribution in [3.05, 3.63) is 63.3 Å². The SMILES string of the molecule is C=CC(=O)O.C=CC(=O)O.C=CC(=O)O.C=CC(=O)OCCCCOC(=O)C=C.CCC(C)(C)C. The molecule has 0 heterocycles. The average molecular weight is 501 g/mol. The molecule has 200 valence electrons. The molecule has 0 aliphatic heterocycles. The van der Waals surface area contributed by atoms with Crippen LogP contribution in [0.5, 0.6) is 0 Å². The molecule has 0 atom stereocenters. The number of aliphatic carboxylic acids is 3. The number of ether oxygens (including phenoxy) is 2. The molecular formula is C25H40O10. The predicted octanol–water partition coefficient (Wildman–Crippen LogP) is 4.44. The molecule has 0 spiro atoms. The van der Waals surface area contributed by atoms with Crippen molar-refractivity contribution in [2.24, 2.45) is 5.41 Å². The molecule has 0 amide bonds. The van der Waals surface area contributed by atoms with Crippen molar-refractivity contribution >= 4 is 29.8 Å². The fourth-order valence-electron chi connectivity index (χ4n) is 0.667. The molecule has 0 saturated carbocycles. The molecule has 0 unspecified atom stereocenters. The van der Waals surface area contributed by atoms with Crippen LogP contribution in [0.15, 0.2) is 63.3 Å². The van der Waals surface area contributed by atoms with Crippen LogP contribution in [0.25, 0.3) is 0 Å². The number of hydrogen-bond donors (Lipinski definition) is 3. The maximum Gasteiger partial charge on any atom is 0.330 e. The zero-order chi connectivity index (χ0) is 28.9. The van der Waals surface area contributed by atoms with Gasteiger partial charge in [0.05, 0.1) is 13.2 Å². The Morgan fingerprint density at radius 3 is 0.943 bits per heavy atom. The van der Waals surface area contributed by atoms with Crippen molar-refractivity contribution in [3.63, 3.8) is 0 Å². The molecule has 0 rings (SSSR count). The van der Waals surface area contributed by atoms with Gasteiger partial charge in [-0.2, -0.15) is 0 Å². The Morgan fingerprint density at radius 2 is 0.829 bits per heavy atom. The van der Waals surface area contributed by atoms with E-state index in [9.17, 15) is 24.0 Å². The minimum absolute atomic E-state index is 0.316. The number of carbonyl (C=O) groups is 5. The summed E-state index contributed by atoms with van der Waals surface area (Å²) < 4.78 is 9.41. The first-order valence-electron chi connectivity index (χ1n) is 10.2. The third-order valence-electron chi connectivity index (χ3n) is 2.95. The molecular weight excluding hydrogens is 460 g/mol. The van der Waals surface area contributed by atoms with Crippen LogP contribution in [-0.4, -0.2) is 58.4 Å². The standard InChI is InChI=1S/C10H14O4.C6H14.3C3H4O2/c1-3-9(11)13-7-5-6-8-14-10(12)4-2;1-5-6(2,3)4;3*1-2-3(4)5/h3-4H,1-2,5-8H2;5H2,1-4H3;3*2H,1H2,(H,4,5). The Morgan fingerprint density at radius 1 is 0.629 bits per heavy atom. The summed E-state index contributed by atoms with van der Waals surface area (Å²) in [5, 5.41) is 22.8. The number of unbranched alkanes of at least 4 members (excludes halogenated alkanes) is 1. The van der Waals surface area contributed by atoms with Gasteiger partial charge in [0.2, 0.25) is 0 Å². The molecule has 0 aromatic heterocycles. The Bertz CT molecular complexity index is 603. The van der Waals surface area contributed by atoms with Crippen molar-refractivity contribution in [1.82, 2.24) is 0 Å². The molecule has 0 bridgehead atoms. The lowest BCUT2D eigenvalue weighted by Crippen LogP contribution is -2.05. The van der Waals surface area contributed by atoms with E-state index >= 15 is 0 Å². The van der Waals surface area contributed by atoms with Crippen LogP contribution < -0.4 is 0 Å². The van der Waals surface area contributed by atoms with Gasteiger partial charge >= 0.3 is 29.8 Å². The smallest absolute Gasteiger partial charge is 0.330 e. The molecule has 10 nitrogen and oxygen atoms in total. The number of esters is 2. The second kappa shape index (κ2) is 30.0. The van der Waals surface area contributed by atoms with Crippen LogP contribution in [0.4, 0.5) is 0 Å². The van der Waals surface area contributed by atoms with Crippen molar-refractivity contribution in [2.45, 2.75) is 47.0 Å². The molecule has 0 aliphatic carbocycles. The first-order valence-corrected chi connectivity index (χ1v) is 10.2. The Balaban J connectivity index is -0.000000119. The molecule has 0 aromatic carbocycles. The van der Waals surface area contributed by atoms with Gasteiger partial charge in [0.25, 0.3) is 0 Å². The maximum atomic E-state index is 10.6. The Kier molecular flexibility index (Phi) is 35.5. The van der Waals surface area contributed by atoms with Gasteiger partial charge in [0.15, 0.2) is 0 Å². The first kappa shape index (κ1) is 41.3. The zero-order valence-corrected chi connectivity index (χ0v) is 21.2. The molecule has 35 heavy (non-hydrogen) atoms. The summed E-state index contributed by atoms with van der Waals surface area (Å²) >= 11 is 0. The van der Waals surface area contributed by atoms with Crippen LogP contribution in [0, 0.1) is 5.41 Å². The summed E-state index contributed by atoms with van der Waals surface area (Å²) in [6.07, 6.45) is 7.30. The highest BCUT2D eigenvalue weighted by molar-refractivity contribution is 5.81. The van der Waals surface area contributed by atoms with Gasteiger partial charge in [0.1, 0.15) is 0 Å². The third-order valence-corrected chi connectivity index (χ3v) is 2.95. The van der Waals surface area contributed by atoms with Gasteiger partial charge in [0, 0.05) is 30.4 Å². The summed E-state index contributed by atoms with van der Waals surface area (Å²) in [4.78, 5) is 48.9. The number of carboxylic acid groups (broad SMARTS) is 3. The number of rotatable bonds is 10. The van der Waals surface area contributed by atoms with E-state index in [2.05, 4.69) is 60.6 Å². The number of hydrogen-bond acceptors (Lipinski definition) is 7. The van der Waals surface area contributed by atoms with Gasteiger partial charge in [-0.1, -0.05) is 67.0 Å². The van der Waals surface area contributed by atoms with Crippen molar-refractivity contribution < 1.29 is 48.8 Å². The summed E-state index contributed by atoms with van der Waals surface area (Å²) in [5.74, 6) is -3.82. The normalized spacial score (nSPS) is 8.34. The average Bonchev–Trinajstić information content (AvgIpc) is 2.81. The van der Waals surface area contributed by atoms with E-state index in [4.69, 9.17) is 24.8 Å². The lowest BCUT2D eigenvalue weighted by atomic mass is 9.94. The summed E-state index contributed by atoms with van der Waals surface area (Å²) in [7, 11) is 0. The molecule has 0 radical (unpaired) electrons. The minimum Gasteiger partial charge on any atom is -0.478 e. The topological polar surface area (TPSA) is 164 Å². The van der Waals surface area contributed by atoms with Gasteiger partial charge in [-0.3, -0.25) is 0 Å². The first-order chi connectivity index (χ1) is 16.1. The fourth-order valence-corrected chi connectivity index (χ4v) is 0.667. The van der Waals surface area contributed by atoms with Crippen LogP contribution in [-0.2, 0) is 33.4 Å². The third kappa shape index (κ3) is 72.6. The van der Waals surface area contributed by atoms with Crippen LogP contribution in [0.1, 0.15) is 47.0 Å². The second-order valence-corrected chi connectivity index (χ2v) is 6.99. The van der Waals surface area contributed by atoms with E-state index in [-0.39, 0.29) is 0 Å². The fraction of sp³-hybridized carbons (Fsp3) is 0.400. The van der Waals surface area contributed by atoms with Crippen molar-refractivity contribution in [3.8, 4) is 0 Å². The highest BCUT2D eigenvalue weighted by Gasteiger charge is 2.03. The Labute approximate surface area is 207 Å². The van der Waals surface area contributed by atoms with E-state index in [0.29, 0.717) is 31.5 Å². The minimum atomic E-state index is -0.981. The van der Waals surface area contributed by atoms with Crippen LogP contribution >= 0.6 is 0 Å². The van der Waals surface area contributed by atoms with Gasteiger partial charge in [-0.05, 0) is 18.3 Å². The van der Waals surface area contributed by atoms with E-state index in [1.807, 2.05) is 0 Å². The monoisotopic (exact) mass is 500 g/mol. The molecule has 10 heteroatoms. The number of carbonyl (C=O) groups excluding carboxylic acids is 2. The molecule has 0 aliphatic rings. The van der Waals surface area contributed by atoms with Crippen LogP contribution in [0.2, 0.25) is 0 Å².